The predicted molar refractivity (Wildman–Crippen MR) is 114 cm³/mol. The fourth-order valence-corrected chi connectivity index (χ4v) is 3.90. The van der Waals surface area contributed by atoms with Crippen molar-refractivity contribution in [1.29, 1.82) is 0 Å². The average Bonchev–Trinajstić information content (AvgIpc) is 2.85. The smallest absolute Gasteiger partial charge is 0.267 e. The quantitative estimate of drug-likeness (QED) is 0.834. The number of aromatic nitrogens is 2. The minimum atomic E-state index is -0.250. The zero-order valence-electron chi connectivity index (χ0n) is 16.9. The van der Waals surface area contributed by atoms with Crippen LogP contribution in [0.4, 0.5) is 22.9 Å². The first-order valence-electron chi connectivity index (χ1n) is 10.00. The Kier molecular flexibility index (Phi) is 5.00. The van der Waals surface area contributed by atoms with Gasteiger partial charge < -0.3 is 25.2 Å². The first-order chi connectivity index (χ1) is 14.1. The van der Waals surface area contributed by atoms with E-state index in [4.69, 9.17) is 10.5 Å². The number of hydrogen-bond acceptors (Lipinski definition) is 7. The molecule has 0 saturated carbocycles. The Morgan fingerprint density at radius 2 is 1.86 bits per heavy atom. The molecule has 4 rings (SSSR count). The van der Waals surface area contributed by atoms with Gasteiger partial charge in [-0.2, -0.15) is 0 Å². The molecule has 0 spiro atoms. The van der Waals surface area contributed by atoms with Crippen LogP contribution in [0, 0.1) is 0 Å². The summed E-state index contributed by atoms with van der Waals surface area (Å²) in [6, 6.07) is 6.08. The van der Waals surface area contributed by atoms with Crippen molar-refractivity contribution in [3.63, 3.8) is 0 Å². The van der Waals surface area contributed by atoms with Gasteiger partial charge in [0, 0.05) is 18.8 Å². The molecule has 2 aliphatic rings. The van der Waals surface area contributed by atoms with Crippen molar-refractivity contribution in [3.8, 4) is 5.88 Å². The van der Waals surface area contributed by atoms with Gasteiger partial charge in [-0.05, 0) is 31.0 Å². The average molecular weight is 394 g/mol. The number of nitrogen functional groups attached to an aromatic ring is 1. The lowest BCUT2D eigenvalue weighted by atomic mass is 10.1. The number of nitrogens with zero attached hydrogens (tertiary/aromatic N) is 5. The Morgan fingerprint density at radius 3 is 2.59 bits per heavy atom. The summed E-state index contributed by atoms with van der Waals surface area (Å²) < 4.78 is 5.64. The standard InChI is InChI=1S/C21H26N6O2/c1-4-8-25-14(3)26(9-5-2)17-12-15(6-7-16(17)25)27-10-11-29-20-18(21(27)28)19(22)23-13-24-20/h6-7,12-13H,3-5,8-11H2,1-2H3,(H2,22,23,24). The topological polar surface area (TPSA) is 87.8 Å². The maximum absolute atomic E-state index is 13.2. The van der Waals surface area contributed by atoms with Crippen molar-refractivity contribution in [2.75, 3.05) is 46.7 Å². The molecule has 0 bridgehead atoms. The lowest BCUT2D eigenvalue weighted by Gasteiger charge is -2.24. The molecule has 0 fully saturated rings. The fourth-order valence-electron chi connectivity index (χ4n) is 3.90. The molecular formula is C21H26N6O2. The minimum absolute atomic E-state index is 0.128. The molecular weight excluding hydrogens is 368 g/mol. The molecule has 0 saturated heterocycles. The number of hydrogen-bond donors (Lipinski definition) is 1. The first-order valence-corrected chi connectivity index (χ1v) is 10.00. The molecule has 0 atom stereocenters. The number of carbonyl (C=O) groups excluding carboxylic acids is 1. The Morgan fingerprint density at radius 1 is 1.14 bits per heavy atom. The second kappa shape index (κ2) is 7.62. The molecule has 2 aliphatic heterocycles. The maximum Gasteiger partial charge on any atom is 0.267 e. The second-order valence-electron chi connectivity index (χ2n) is 7.14. The number of rotatable bonds is 5. The number of nitrogens with two attached hydrogens (primary N) is 1. The first kappa shape index (κ1) is 19.0. The molecule has 1 aromatic heterocycles. The van der Waals surface area contributed by atoms with Crippen LogP contribution in [-0.2, 0) is 0 Å². The normalized spacial score (nSPS) is 15.9. The van der Waals surface area contributed by atoms with Crippen molar-refractivity contribution in [3.05, 3.63) is 42.5 Å². The minimum Gasteiger partial charge on any atom is -0.475 e. The van der Waals surface area contributed by atoms with E-state index in [2.05, 4.69) is 52.3 Å². The van der Waals surface area contributed by atoms with E-state index in [1.807, 2.05) is 6.07 Å². The summed E-state index contributed by atoms with van der Waals surface area (Å²) >= 11 is 0. The largest absolute Gasteiger partial charge is 0.475 e. The van der Waals surface area contributed by atoms with Gasteiger partial charge in [0.15, 0.2) is 0 Å². The summed E-state index contributed by atoms with van der Waals surface area (Å²) in [7, 11) is 0. The monoisotopic (exact) mass is 394 g/mol. The lowest BCUT2D eigenvalue weighted by Crippen LogP contribution is -2.33. The SMILES string of the molecule is C=C1N(CCC)c2ccc(N3CCOc4ncnc(N)c4C3=O)cc2N1CCC. The van der Waals surface area contributed by atoms with Crippen LogP contribution in [-0.4, -0.2) is 42.1 Å². The lowest BCUT2D eigenvalue weighted by molar-refractivity contribution is 0.0990. The van der Waals surface area contributed by atoms with Gasteiger partial charge in [-0.1, -0.05) is 20.4 Å². The van der Waals surface area contributed by atoms with Crippen LogP contribution in [0.1, 0.15) is 37.0 Å². The highest BCUT2D eigenvalue weighted by atomic mass is 16.5. The van der Waals surface area contributed by atoms with Gasteiger partial charge in [-0.3, -0.25) is 4.79 Å². The number of benzene rings is 1. The number of fused-ring (bicyclic) bond motifs is 2. The predicted octanol–water partition coefficient (Wildman–Crippen LogP) is 3.02. The van der Waals surface area contributed by atoms with E-state index >= 15 is 0 Å². The number of carbonyl (C=O) groups is 1. The van der Waals surface area contributed by atoms with E-state index in [1.54, 1.807) is 4.90 Å². The Hall–Kier alpha value is -3.29. The van der Waals surface area contributed by atoms with E-state index in [0.717, 1.165) is 48.8 Å². The van der Waals surface area contributed by atoms with Crippen molar-refractivity contribution in [2.24, 2.45) is 0 Å². The third-order valence-electron chi connectivity index (χ3n) is 5.22. The molecule has 3 heterocycles. The third-order valence-corrected chi connectivity index (χ3v) is 5.22. The Bertz CT molecular complexity index is 960. The van der Waals surface area contributed by atoms with Crippen LogP contribution < -0.4 is 25.2 Å². The summed E-state index contributed by atoms with van der Waals surface area (Å²) in [6.45, 7) is 11.1. The van der Waals surface area contributed by atoms with E-state index in [-0.39, 0.29) is 23.2 Å². The van der Waals surface area contributed by atoms with Crippen molar-refractivity contribution in [1.82, 2.24) is 9.97 Å². The zero-order chi connectivity index (χ0) is 20.5. The summed E-state index contributed by atoms with van der Waals surface area (Å²) in [5.74, 6) is 1.10. The van der Waals surface area contributed by atoms with E-state index in [1.165, 1.54) is 6.33 Å². The van der Waals surface area contributed by atoms with Gasteiger partial charge in [0.05, 0.1) is 17.9 Å². The van der Waals surface area contributed by atoms with Gasteiger partial charge in [0.25, 0.3) is 5.91 Å². The number of amides is 1. The Labute approximate surface area is 170 Å². The van der Waals surface area contributed by atoms with Gasteiger partial charge in [0.1, 0.15) is 30.1 Å². The highest BCUT2D eigenvalue weighted by molar-refractivity contribution is 6.11. The maximum atomic E-state index is 13.2. The van der Waals surface area contributed by atoms with Crippen LogP contribution in [0.3, 0.4) is 0 Å². The van der Waals surface area contributed by atoms with Crippen LogP contribution >= 0.6 is 0 Å². The summed E-state index contributed by atoms with van der Waals surface area (Å²) in [4.78, 5) is 27.4. The molecule has 0 aliphatic carbocycles. The second-order valence-corrected chi connectivity index (χ2v) is 7.14. The molecule has 0 unspecified atom stereocenters. The van der Waals surface area contributed by atoms with Gasteiger partial charge in [0.2, 0.25) is 5.88 Å². The molecule has 0 radical (unpaired) electrons. The molecule has 1 aromatic carbocycles. The van der Waals surface area contributed by atoms with Crippen molar-refractivity contribution < 1.29 is 9.53 Å². The highest BCUT2D eigenvalue weighted by Gasteiger charge is 2.32. The van der Waals surface area contributed by atoms with E-state index < -0.39 is 0 Å². The molecule has 29 heavy (non-hydrogen) atoms. The van der Waals surface area contributed by atoms with Gasteiger partial charge in [-0.25, -0.2) is 9.97 Å². The van der Waals surface area contributed by atoms with E-state index in [9.17, 15) is 4.79 Å². The molecule has 1 amide bonds. The highest BCUT2D eigenvalue weighted by Crippen LogP contribution is 2.43. The van der Waals surface area contributed by atoms with Crippen LogP contribution in [0.5, 0.6) is 5.88 Å². The number of anilines is 4. The van der Waals surface area contributed by atoms with E-state index in [0.29, 0.717) is 13.2 Å². The van der Waals surface area contributed by atoms with Gasteiger partial charge >= 0.3 is 0 Å². The van der Waals surface area contributed by atoms with Crippen LogP contribution in [0.25, 0.3) is 0 Å². The third kappa shape index (κ3) is 3.14. The molecule has 8 nitrogen and oxygen atoms in total. The molecule has 2 N–H and O–H groups in total. The Balaban J connectivity index is 1.75. The van der Waals surface area contributed by atoms with Crippen LogP contribution in [0.2, 0.25) is 0 Å². The summed E-state index contributed by atoms with van der Waals surface area (Å²) in [5.41, 5.74) is 9.15. The van der Waals surface area contributed by atoms with Crippen molar-refractivity contribution >= 4 is 28.8 Å². The summed E-state index contributed by atoms with van der Waals surface area (Å²) in [5, 5.41) is 0. The van der Waals surface area contributed by atoms with Crippen molar-refractivity contribution in [2.45, 2.75) is 26.7 Å². The van der Waals surface area contributed by atoms with Crippen LogP contribution in [0.15, 0.2) is 36.9 Å². The van der Waals surface area contributed by atoms with Gasteiger partial charge in [-0.15, -0.1) is 0 Å². The summed E-state index contributed by atoms with van der Waals surface area (Å²) in [6.07, 6.45) is 3.33. The molecule has 2 aromatic rings. The fraction of sp³-hybridized carbons (Fsp3) is 0.381. The molecule has 152 valence electrons. The zero-order valence-corrected chi connectivity index (χ0v) is 16.9. The number of ether oxygens (including phenoxy) is 1. The molecule has 8 heteroatoms.